The highest BCUT2D eigenvalue weighted by Crippen LogP contribution is 2.25. The van der Waals surface area contributed by atoms with E-state index in [0.717, 1.165) is 5.56 Å². The van der Waals surface area contributed by atoms with Crippen molar-refractivity contribution in [1.82, 2.24) is 0 Å². The van der Waals surface area contributed by atoms with Crippen LogP contribution in [0.5, 0.6) is 0 Å². The minimum Gasteiger partial charge on any atom is -0.479 e. The summed E-state index contributed by atoms with van der Waals surface area (Å²) in [6, 6.07) is 6.93. The maximum Gasteiger partial charge on any atom is 0.335 e. The van der Waals surface area contributed by atoms with Gasteiger partial charge in [0.05, 0.1) is 11.5 Å². The summed E-state index contributed by atoms with van der Waals surface area (Å²) in [4.78, 5) is 23.5. The molecule has 2 rings (SSSR count). The number of benzene rings is 1. The molecule has 0 aromatic heterocycles. The SMILES string of the molecule is CC(C(=O)O[C@@H]1O[C@H](C(=O)O)[C@@H](O)[C@H](O)[C@H]1O)c1ccc(CC(C)(C)O)cc1. The molecule has 0 bridgehead atoms. The number of hydrogen-bond donors (Lipinski definition) is 5. The normalized spacial score (nSPS) is 29.2. The average molecular weight is 398 g/mol. The van der Waals surface area contributed by atoms with Gasteiger partial charge in [-0.15, -0.1) is 0 Å². The number of aliphatic hydroxyl groups is 4. The van der Waals surface area contributed by atoms with Gasteiger partial charge in [-0.1, -0.05) is 24.3 Å². The average Bonchev–Trinajstić information content (AvgIpc) is 2.60. The Bertz CT molecular complexity index is 694. The second-order valence-corrected chi connectivity index (χ2v) is 7.62. The quantitative estimate of drug-likeness (QED) is 0.400. The molecule has 1 aliphatic rings. The summed E-state index contributed by atoms with van der Waals surface area (Å²) in [5.41, 5.74) is 0.613. The van der Waals surface area contributed by atoms with Crippen LogP contribution in [-0.4, -0.2) is 73.8 Å². The first-order valence-corrected chi connectivity index (χ1v) is 8.85. The van der Waals surface area contributed by atoms with E-state index in [0.29, 0.717) is 12.0 Å². The van der Waals surface area contributed by atoms with Gasteiger partial charge in [-0.25, -0.2) is 4.79 Å². The second-order valence-electron chi connectivity index (χ2n) is 7.62. The minimum absolute atomic E-state index is 0.436. The number of carboxylic acids is 1. The Labute approximate surface area is 162 Å². The van der Waals surface area contributed by atoms with Crippen molar-refractivity contribution in [3.63, 3.8) is 0 Å². The zero-order valence-electron chi connectivity index (χ0n) is 15.8. The molecule has 0 aliphatic carbocycles. The van der Waals surface area contributed by atoms with Crippen LogP contribution in [0, 0.1) is 0 Å². The van der Waals surface area contributed by atoms with Crippen LogP contribution in [0.2, 0.25) is 0 Å². The van der Waals surface area contributed by atoms with Gasteiger partial charge in [-0.3, -0.25) is 4.79 Å². The lowest BCUT2D eigenvalue weighted by Gasteiger charge is -2.38. The Balaban J connectivity index is 2.06. The number of ether oxygens (including phenoxy) is 2. The molecule has 1 aliphatic heterocycles. The van der Waals surface area contributed by atoms with Crippen LogP contribution in [0.3, 0.4) is 0 Å². The summed E-state index contributed by atoms with van der Waals surface area (Å²) in [6.07, 6.45) is -8.63. The molecule has 1 unspecified atom stereocenters. The van der Waals surface area contributed by atoms with Crippen molar-refractivity contribution < 1.29 is 44.6 Å². The first-order valence-electron chi connectivity index (χ1n) is 8.85. The molecule has 28 heavy (non-hydrogen) atoms. The Hall–Kier alpha value is -2.04. The number of rotatable bonds is 6. The van der Waals surface area contributed by atoms with E-state index in [1.165, 1.54) is 0 Å². The van der Waals surface area contributed by atoms with Crippen molar-refractivity contribution in [2.24, 2.45) is 0 Å². The van der Waals surface area contributed by atoms with Gasteiger partial charge in [0.25, 0.3) is 0 Å². The minimum atomic E-state index is -1.86. The molecular weight excluding hydrogens is 372 g/mol. The standard InChI is InChI=1S/C19H26O9/c1-9(11-6-4-10(5-7-11)8-19(2,3)26)17(25)28-18-14(22)12(20)13(21)15(27-18)16(23)24/h4-7,9,12-15,18,20-22,26H,8H2,1-3H3,(H,23,24)/t9?,12-,13-,14+,15-,18-/m0/s1. The molecule has 9 nitrogen and oxygen atoms in total. The first kappa shape index (κ1) is 22.3. The fourth-order valence-corrected chi connectivity index (χ4v) is 2.93. The molecule has 1 heterocycles. The predicted octanol–water partition coefficient (Wildman–Crippen LogP) is -0.461. The lowest BCUT2D eigenvalue weighted by atomic mass is 9.95. The number of carbonyl (C=O) groups is 2. The molecule has 1 aromatic carbocycles. The second kappa shape index (κ2) is 8.54. The van der Waals surface area contributed by atoms with Crippen molar-refractivity contribution in [1.29, 1.82) is 0 Å². The molecule has 0 saturated carbocycles. The number of carboxylic acid groups (broad SMARTS) is 1. The molecule has 0 radical (unpaired) electrons. The molecule has 5 N–H and O–H groups in total. The predicted molar refractivity (Wildman–Crippen MR) is 95.3 cm³/mol. The van der Waals surface area contributed by atoms with Crippen LogP contribution in [0.4, 0.5) is 0 Å². The van der Waals surface area contributed by atoms with Crippen molar-refractivity contribution in [3.8, 4) is 0 Å². The number of aliphatic carboxylic acids is 1. The van der Waals surface area contributed by atoms with Crippen LogP contribution < -0.4 is 0 Å². The van der Waals surface area contributed by atoms with E-state index in [-0.39, 0.29) is 0 Å². The molecule has 1 aromatic rings. The summed E-state index contributed by atoms with van der Waals surface area (Å²) in [7, 11) is 0. The molecule has 9 heteroatoms. The largest absolute Gasteiger partial charge is 0.479 e. The van der Waals surface area contributed by atoms with Gasteiger partial charge < -0.3 is 35.0 Å². The third-order valence-corrected chi connectivity index (χ3v) is 4.52. The van der Waals surface area contributed by atoms with E-state index in [1.807, 2.05) is 0 Å². The van der Waals surface area contributed by atoms with Gasteiger partial charge in [0.15, 0.2) is 6.10 Å². The maximum absolute atomic E-state index is 12.4. The smallest absolute Gasteiger partial charge is 0.335 e. The van der Waals surface area contributed by atoms with Gasteiger partial charge in [0, 0.05) is 6.42 Å². The van der Waals surface area contributed by atoms with E-state index in [2.05, 4.69) is 0 Å². The van der Waals surface area contributed by atoms with Gasteiger partial charge >= 0.3 is 11.9 Å². The Kier molecular flexibility index (Phi) is 6.79. The lowest BCUT2D eigenvalue weighted by Crippen LogP contribution is -2.60. The van der Waals surface area contributed by atoms with E-state index in [1.54, 1.807) is 45.0 Å². The van der Waals surface area contributed by atoms with Crippen molar-refractivity contribution in [3.05, 3.63) is 35.4 Å². The molecule has 0 amide bonds. The zero-order valence-corrected chi connectivity index (χ0v) is 15.8. The van der Waals surface area contributed by atoms with Crippen molar-refractivity contribution >= 4 is 11.9 Å². The molecule has 6 atom stereocenters. The summed E-state index contributed by atoms with van der Waals surface area (Å²) >= 11 is 0. The fourth-order valence-electron chi connectivity index (χ4n) is 2.93. The van der Waals surface area contributed by atoms with E-state index < -0.39 is 54.2 Å². The van der Waals surface area contributed by atoms with Gasteiger partial charge in [-0.2, -0.15) is 0 Å². The van der Waals surface area contributed by atoms with E-state index in [9.17, 15) is 30.0 Å². The molecule has 1 fully saturated rings. The Morgan fingerprint density at radius 2 is 1.68 bits per heavy atom. The molecular formula is C19H26O9. The van der Waals surface area contributed by atoms with Gasteiger partial charge in [0.2, 0.25) is 6.29 Å². The topological polar surface area (TPSA) is 154 Å². The van der Waals surface area contributed by atoms with E-state index in [4.69, 9.17) is 14.6 Å². The number of esters is 1. The van der Waals surface area contributed by atoms with Crippen LogP contribution >= 0.6 is 0 Å². The summed E-state index contributed by atoms with van der Waals surface area (Å²) < 4.78 is 9.99. The highest BCUT2D eigenvalue weighted by molar-refractivity contribution is 5.78. The van der Waals surface area contributed by atoms with Gasteiger partial charge in [0.1, 0.15) is 18.3 Å². The Morgan fingerprint density at radius 1 is 1.11 bits per heavy atom. The third-order valence-electron chi connectivity index (χ3n) is 4.52. The first-order chi connectivity index (χ1) is 12.9. The number of carbonyl (C=O) groups excluding carboxylic acids is 1. The van der Waals surface area contributed by atoms with Crippen molar-refractivity contribution in [2.75, 3.05) is 0 Å². The van der Waals surface area contributed by atoms with Crippen LogP contribution in [0.1, 0.15) is 37.8 Å². The highest BCUT2D eigenvalue weighted by Gasteiger charge is 2.48. The highest BCUT2D eigenvalue weighted by atomic mass is 16.7. The molecule has 0 spiro atoms. The van der Waals surface area contributed by atoms with Gasteiger partial charge in [-0.05, 0) is 31.9 Å². The summed E-state index contributed by atoms with van der Waals surface area (Å²) in [5, 5.41) is 48.2. The summed E-state index contributed by atoms with van der Waals surface area (Å²) in [6.45, 7) is 4.93. The number of aliphatic hydroxyl groups excluding tert-OH is 3. The maximum atomic E-state index is 12.4. The Morgan fingerprint density at radius 3 is 2.18 bits per heavy atom. The third kappa shape index (κ3) is 5.27. The van der Waals surface area contributed by atoms with E-state index >= 15 is 0 Å². The zero-order chi connectivity index (χ0) is 21.2. The van der Waals surface area contributed by atoms with Crippen LogP contribution in [0.15, 0.2) is 24.3 Å². The fraction of sp³-hybridized carbons (Fsp3) is 0.579. The summed E-state index contributed by atoms with van der Waals surface area (Å²) in [5.74, 6) is -3.12. The monoisotopic (exact) mass is 398 g/mol. The van der Waals surface area contributed by atoms with Crippen LogP contribution in [0.25, 0.3) is 0 Å². The molecule has 1 saturated heterocycles. The van der Waals surface area contributed by atoms with Crippen molar-refractivity contribution in [2.45, 2.75) is 69.4 Å². The lowest BCUT2D eigenvalue weighted by molar-refractivity contribution is -0.286. The molecule has 156 valence electrons. The number of hydrogen-bond acceptors (Lipinski definition) is 8. The van der Waals surface area contributed by atoms with Crippen LogP contribution in [-0.2, 0) is 25.5 Å².